The van der Waals surface area contributed by atoms with Crippen LogP contribution in [-0.4, -0.2) is 25.9 Å². The molecule has 0 aliphatic heterocycles. The summed E-state index contributed by atoms with van der Waals surface area (Å²) in [7, 11) is 0. The SMILES string of the molecule is Cc1noc(C)c1Cc1cc2c(=O)n(C3CCCCC3O)cnc2c(C)c1C. The molecule has 3 aromatic rings. The van der Waals surface area contributed by atoms with Gasteiger partial charge in [0.1, 0.15) is 5.76 Å². The monoisotopic (exact) mass is 381 g/mol. The van der Waals surface area contributed by atoms with E-state index in [1.165, 1.54) is 0 Å². The van der Waals surface area contributed by atoms with Crippen molar-refractivity contribution in [3.63, 3.8) is 0 Å². The van der Waals surface area contributed by atoms with Gasteiger partial charge in [-0.05, 0) is 63.3 Å². The Morgan fingerprint density at radius 3 is 2.61 bits per heavy atom. The molecule has 1 fully saturated rings. The van der Waals surface area contributed by atoms with Gasteiger partial charge in [0.05, 0.1) is 35.1 Å². The van der Waals surface area contributed by atoms with E-state index in [1.807, 2.05) is 26.8 Å². The third-order valence-electron chi connectivity index (χ3n) is 6.35. The highest BCUT2D eigenvalue weighted by Crippen LogP contribution is 2.29. The second-order valence-electron chi connectivity index (χ2n) is 8.04. The Labute approximate surface area is 164 Å². The van der Waals surface area contributed by atoms with Gasteiger partial charge < -0.3 is 9.63 Å². The summed E-state index contributed by atoms with van der Waals surface area (Å²) in [4.78, 5) is 17.9. The van der Waals surface area contributed by atoms with Crippen molar-refractivity contribution in [1.82, 2.24) is 14.7 Å². The van der Waals surface area contributed by atoms with Gasteiger partial charge in [0.25, 0.3) is 5.56 Å². The van der Waals surface area contributed by atoms with Crippen LogP contribution in [-0.2, 0) is 6.42 Å². The van der Waals surface area contributed by atoms with Crippen molar-refractivity contribution in [2.45, 2.75) is 71.9 Å². The first-order valence-electron chi connectivity index (χ1n) is 9.98. The molecule has 0 amide bonds. The summed E-state index contributed by atoms with van der Waals surface area (Å²) < 4.78 is 6.94. The average Bonchev–Trinajstić information content (AvgIpc) is 2.99. The molecule has 2 aromatic heterocycles. The fraction of sp³-hybridized carbons (Fsp3) is 0.500. The minimum absolute atomic E-state index is 0.0703. The molecular weight excluding hydrogens is 354 g/mol. The van der Waals surface area contributed by atoms with Crippen LogP contribution >= 0.6 is 0 Å². The molecular formula is C22H27N3O3. The molecule has 2 unspecified atom stereocenters. The average molecular weight is 381 g/mol. The van der Waals surface area contributed by atoms with Gasteiger partial charge in [0, 0.05) is 12.0 Å². The van der Waals surface area contributed by atoms with E-state index in [9.17, 15) is 9.90 Å². The summed E-state index contributed by atoms with van der Waals surface area (Å²) in [6.07, 6.45) is 5.38. The predicted octanol–water partition coefficient (Wildman–Crippen LogP) is 3.68. The molecule has 0 bridgehead atoms. The zero-order valence-corrected chi connectivity index (χ0v) is 17.0. The maximum Gasteiger partial charge on any atom is 0.261 e. The molecule has 1 saturated carbocycles. The first kappa shape index (κ1) is 18.9. The lowest BCUT2D eigenvalue weighted by molar-refractivity contribution is 0.0735. The van der Waals surface area contributed by atoms with Crippen molar-refractivity contribution < 1.29 is 9.63 Å². The number of benzene rings is 1. The van der Waals surface area contributed by atoms with Gasteiger partial charge >= 0.3 is 0 Å². The van der Waals surface area contributed by atoms with Gasteiger partial charge in [-0.3, -0.25) is 9.36 Å². The minimum atomic E-state index is -0.487. The summed E-state index contributed by atoms with van der Waals surface area (Å²) in [6, 6.07) is 1.77. The second kappa shape index (κ2) is 7.17. The Morgan fingerprint density at radius 2 is 1.93 bits per heavy atom. The van der Waals surface area contributed by atoms with Crippen LogP contribution in [0.2, 0.25) is 0 Å². The van der Waals surface area contributed by atoms with Crippen LogP contribution in [0, 0.1) is 27.7 Å². The molecule has 0 saturated heterocycles. The molecule has 1 aliphatic rings. The number of aromatic nitrogens is 3. The predicted molar refractivity (Wildman–Crippen MR) is 108 cm³/mol. The number of aliphatic hydroxyl groups excluding tert-OH is 1. The van der Waals surface area contributed by atoms with Crippen LogP contribution in [0.4, 0.5) is 0 Å². The Hall–Kier alpha value is -2.47. The molecule has 4 rings (SSSR count). The van der Waals surface area contributed by atoms with Gasteiger partial charge in [-0.2, -0.15) is 0 Å². The number of aryl methyl sites for hydroxylation is 3. The van der Waals surface area contributed by atoms with Crippen molar-refractivity contribution in [3.05, 3.63) is 56.5 Å². The third-order valence-corrected chi connectivity index (χ3v) is 6.35. The number of hydrogen-bond acceptors (Lipinski definition) is 5. The summed E-state index contributed by atoms with van der Waals surface area (Å²) in [6.45, 7) is 7.94. The van der Waals surface area contributed by atoms with Crippen molar-refractivity contribution >= 4 is 10.9 Å². The molecule has 148 valence electrons. The number of rotatable bonds is 3. The maximum absolute atomic E-state index is 13.3. The molecule has 1 aromatic carbocycles. The third kappa shape index (κ3) is 3.05. The molecule has 0 spiro atoms. The van der Waals surface area contributed by atoms with E-state index in [1.54, 1.807) is 10.9 Å². The van der Waals surface area contributed by atoms with Gasteiger partial charge in [-0.15, -0.1) is 0 Å². The highest BCUT2D eigenvalue weighted by Gasteiger charge is 2.26. The van der Waals surface area contributed by atoms with E-state index in [4.69, 9.17) is 4.52 Å². The van der Waals surface area contributed by atoms with E-state index >= 15 is 0 Å². The second-order valence-corrected chi connectivity index (χ2v) is 8.04. The van der Waals surface area contributed by atoms with Crippen molar-refractivity contribution in [1.29, 1.82) is 0 Å². The van der Waals surface area contributed by atoms with Crippen molar-refractivity contribution in [3.8, 4) is 0 Å². The minimum Gasteiger partial charge on any atom is -0.391 e. The van der Waals surface area contributed by atoms with Gasteiger partial charge in [-0.25, -0.2) is 4.98 Å². The summed E-state index contributed by atoms with van der Waals surface area (Å²) in [5.74, 6) is 0.809. The van der Waals surface area contributed by atoms with Crippen molar-refractivity contribution in [2.24, 2.45) is 0 Å². The van der Waals surface area contributed by atoms with Crippen LogP contribution in [0.5, 0.6) is 0 Å². The zero-order valence-electron chi connectivity index (χ0n) is 17.0. The first-order valence-corrected chi connectivity index (χ1v) is 9.98. The smallest absolute Gasteiger partial charge is 0.261 e. The Bertz CT molecular complexity index is 1080. The molecule has 2 atom stereocenters. The van der Waals surface area contributed by atoms with E-state index in [-0.39, 0.29) is 11.6 Å². The Balaban J connectivity index is 1.85. The summed E-state index contributed by atoms with van der Waals surface area (Å²) in [5, 5.41) is 15.1. The fourth-order valence-electron chi connectivity index (χ4n) is 4.39. The van der Waals surface area contributed by atoms with Crippen LogP contribution in [0.25, 0.3) is 10.9 Å². The molecule has 28 heavy (non-hydrogen) atoms. The molecule has 6 nitrogen and oxygen atoms in total. The quantitative estimate of drug-likeness (QED) is 0.748. The lowest BCUT2D eigenvalue weighted by Crippen LogP contribution is -2.34. The lowest BCUT2D eigenvalue weighted by atomic mass is 9.92. The summed E-state index contributed by atoms with van der Waals surface area (Å²) in [5.41, 5.74) is 5.85. The largest absolute Gasteiger partial charge is 0.391 e. The highest BCUT2D eigenvalue weighted by molar-refractivity contribution is 5.83. The maximum atomic E-state index is 13.3. The number of hydrogen-bond donors (Lipinski definition) is 1. The van der Waals surface area contributed by atoms with E-state index in [0.717, 1.165) is 64.9 Å². The topological polar surface area (TPSA) is 81.2 Å². The van der Waals surface area contributed by atoms with Gasteiger partial charge in [-0.1, -0.05) is 18.0 Å². The lowest BCUT2D eigenvalue weighted by Gasteiger charge is -2.29. The molecule has 6 heteroatoms. The Kier molecular flexibility index (Phi) is 4.83. The summed E-state index contributed by atoms with van der Waals surface area (Å²) >= 11 is 0. The van der Waals surface area contributed by atoms with Crippen LogP contribution < -0.4 is 5.56 Å². The fourth-order valence-corrected chi connectivity index (χ4v) is 4.39. The van der Waals surface area contributed by atoms with E-state index < -0.39 is 6.10 Å². The van der Waals surface area contributed by atoms with Crippen LogP contribution in [0.1, 0.15) is 65.4 Å². The number of nitrogens with zero attached hydrogens (tertiary/aromatic N) is 3. The van der Waals surface area contributed by atoms with Crippen LogP contribution in [0.15, 0.2) is 21.7 Å². The standard InChI is InChI=1S/C22H27N3O3/c1-12-13(2)21-18(10-16(12)9-17-14(3)24-28-15(17)4)22(27)25(11-23-21)19-7-5-6-8-20(19)26/h10-11,19-20,26H,5-9H2,1-4H3. The highest BCUT2D eigenvalue weighted by atomic mass is 16.5. The van der Waals surface area contributed by atoms with E-state index in [0.29, 0.717) is 11.8 Å². The van der Waals surface area contributed by atoms with E-state index in [2.05, 4.69) is 17.1 Å². The van der Waals surface area contributed by atoms with Gasteiger partial charge in [0.2, 0.25) is 0 Å². The molecule has 1 aliphatic carbocycles. The molecule has 1 N–H and O–H groups in total. The molecule has 0 radical (unpaired) electrons. The first-order chi connectivity index (χ1) is 13.4. The van der Waals surface area contributed by atoms with Crippen molar-refractivity contribution in [2.75, 3.05) is 0 Å². The Morgan fingerprint density at radius 1 is 1.18 bits per heavy atom. The zero-order chi connectivity index (χ0) is 20.0. The normalized spacial score (nSPS) is 20.0. The van der Waals surface area contributed by atoms with Gasteiger partial charge in [0.15, 0.2) is 0 Å². The molecule has 2 heterocycles. The van der Waals surface area contributed by atoms with Crippen LogP contribution in [0.3, 0.4) is 0 Å². The number of fused-ring (bicyclic) bond motifs is 1. The number of aliphatic hydroxyl groups is 1.